The smallest absolute Gasteiger partial charge is 0.251 e. The van der Waals surface area contributed by atoms with Gasteiger partial charge in [0, 0.05) is 30.4 Å². The summed E-state index contributed by atoms with van der Waals surface area (Å²) in [6, 6.07) is 7.86. The molecular formula is C16H24N2O3. The number of amides is 1. The van der Waals surface area contributed by atoms with Gasteiger partial charge in [-0.25, -0.2) is 0 Å². The Bertz CT molecular complexity index is 447. The summed E-state index contributed by atoms with van der Waals surface area (Å²) in [5.74, 6) is -0.160. The Kier molecular flexibility index (Phi) is 6.02. The predicted molar refractivity (Wildman–Crippen MR) is 82.5 cm³/mol. The molecule has 0 bridgehead atoms. The molecular weight excluding hydrogens is 268 g/mol. The van der Waals surface area contributed by atoms with Gasteiger partial charge in [-0.3, -0.25) is 4.79 Å². The minimum Gasteiger partial charge on any atom is -0.395 e. The molecule has 1 amide bonds. The van der Waals surface area contributed by atoms with Crippen LogP contribution in [0.15, 0.2) is 24.3 Å². The number of hydrogen-bond acceptors (Lipinski definition) is 4. The largest absolute Gasteiger partial charge is 0.395 e. The lowest BCUT2D eigenvalue weighted by Crippen LogP contribution is -2.33. The van der Waals surface area contributed by atoms with Gasteiger partial charge in [-0.15, -0.1) is 0 Å². The van der Waals surface area contributed by atoms with Gasteiger partial charge in [-0.1, -0.05) is 6.92 Å². The molecule has 5 heteroatoms. The van der Waals surface area contributed by atoms with Gasteiger partial charge >= 0.3 is 0 Å². The monoisotopic (exact) mass is 292 g/mol. The lowest BCUT2D eigenvalue weighted by atomic mass is 10.0. The summed E-state index contributed by atoms with van der Waals surface area (Å²) >= 11 is 0. The summed E-state index contributed by atoms with van der Waals surface area (Å²) in [5.41, 5.74) is 1.63. The van der Waals surface area contributed by atoms with Crippen molar-refractivity contribution in [3.8, 4) is 0 Å². The molecule has 1 heterocycles. The van der Waals surface area contributed by atoms with Crippen LogP contribution in [0.25, 0.3) is 0 Å². The van der Waals surface area contributed by atoms with Crippen LogP contribution in [0.1, 0.15) is 36.5 Å². The van der Waals surface area contributed by atoms with Crippen molar-refractivity contribution in [2.24, 2.45) is 0 Å². The van der Waals surface area contributed by atoms with Gasteiger partial charge in [-0.2, -0.15) is 0 Å². The fourth-order valence-electron chi connectivity index (χ4n) is 2.52. The molecule has 21 heavy (non-hydrogen) atoms. The molecule has 1 fully saturated rings. The van der Waals surface area contributed by atoms with Crippen molar-refractivity contribution in [3.05, 3.63) is 29.8 Å². The molecule has 0 spiro atoms. The first kappa shape index (κ1) is 15.8. The van der Waals surface area contributed by atoms with E-state index in [1.54, 1.807) is 12.1 Å². The quantitative estimate of drug-likeness (QED) is 0.747. The second kappa shape index (κ2) is 8.00. The number of carbonyl (C=O) groups excluding carboxylic acids is 1. The van der Waals surface area contributed by atoms with Crippen molar-refractivity contribution >= 4 is 11.6 Å². The number of carbonyl (C=O) groups is 1. The fraction of sp³-hybridized carbons (Fsp3) is 0.562. The number of ether oxygens (including phenoxy) is 1. The van der Waals surface area contributed by atoms with E-state index < -0.39 is 0 Å². The maximum absolute atomic E-state index is 11.7. The van der Waals surface area contributed by atoms with Crippen LogP contribution in [-0.2, 0) is 4.74 Å². The Morgan fingerprint density at radius 1 is 1.38 bits per heavy atom. The average molecular weight is 292 g/mol. The Hall–Kier alpha value is -1.59. The molecule has 1 aliphatic heterocycles. The van der Waals surface area contributed by atoms with Crippen molar-refractivity contribution < 1.29 is 14.6 Å². The van der Waals surface area contributed by atoms with E-state index in [1.807, 2.05) is 12.1 Å². The molecule has 1 aromatic carbocycles. The van der Waals surface area contributed by atoms with Crippen molar-refractivity contribution in [2.45, 2.75) is 38.3 Å². The van der Waals surface area contributed by atoms with Crippen LogP contribution < -0.4 is 10.6 Å². The van der Waals surface area contributed by atoms with Crippen molar-refractivity contribution in [1.29, 1.82) is 0 Å². The maximum atomic E-state index is 11.7. The summed E-state index contributed by atoms with van der Waals surface area (Å²) in [7, 11) is 0. The van der Waals surface area contributed by atoms with Gasteiger partial charge in [0.05, 0.1) is 12.7 Å². The SMILES string of the molecule is CCC1CC(Nc2ccc(C(=O)NCCO)cc2)CCO1. The highest BCUT2D eigenvalue weighted by molar-refractivity contribution is 5.94. The summed E-state index contributed by atoms with van der Waals surface area (Å²) in [5, 5.41) is 14.8. The third-order valence-corrected chi connectivity index (χ3v) is 3.74. The van der Waals surface area contributed by atoms with Crippen LogP contribution in [0.5, 0.6) is 0 Å². The number of nitrogens with one attached hydrogen (secondary N) is 2. The molecule has 2 rings (SSSR count). The highest BCUT2D eigenvalue weighted by Crippen LogP contribution is 2.20. The zero-order valence-corrected chi connectivity index (χ0v) is 12.5. The lowest BCUT2D eigenvalue weighted by molar-refractivity contribution is 0.00925. The lowest BCUT2D eigenvalue weighted by Gasteiger charge is -2.30. The Balaban J connectivity index is 1.88. The summed E-state index contributed by atoms with van der Waals surface area (Å²) in [4.78, 5) is 11.7. The topological polar surface area (TPSA) is 70.6 Å². The normalized spacial score (nSPS) is 21.8. The molecule has 0 saturated carbocycles. The van der Waals surface area contributed by atoms with Gasteiger partial charge in [0.15, 0.2) is 0 Å². The van der Waals surface area contributed by atoms with Gasteiger partial charge in [0.25, 0.3) is 5.91 Å². The number of hydrogen-bond donors (Lipinski definition) is 3. The van der Waals surface area contributed by atoms with Crippen molar-refractivity contribution in [3.63, 3.8) is 0 Å². The molecule has 116 valence electrons. The second-order valence-corrected chi connectivity index (χ2v) is 5.32. The van der Waals surface area contributed by atoms with Crippen LogP contribution in [0.4, 0.5) is 5.69 Å². The van der Waals surface area contributed by atoms with E-state index in [0.717, 1.165) is 31.6 Å². The first-order chi connectivity index (χ1) is 10.2. The highest BCUT2D eigenvalue weighted by Gasteiger charge is 2.21. The standard InChI is InChI=1S/C16H24N2O3/c1-2-15-11-14(7-10-21-15)18-13-5-3-12(4-6-13)16(20)17-8-9-19/h3-6,14-15,18-19H,2,7-11H2,1H3,(H,17,20). The van der Waals surface area contributed by atoms with Crippen molar-refractivity contribution in [1.82, 2.24) is 5.32 Å². The number of benzene rings is 1. The van der Waals surface area contributed by atoms with E-state index in [0.29, 0.717) is 17.7 Å². The van der Waals surface area contributed by atoms with E-state index in [9.17, 15) is 4.79 Å². The minimum atomic E-state index is -0.160. The summed E-state index contributed by atoms with van der Waals surface area (Å²) in [6.07, 6.45) is 3.42. The van der Waals surface area contributed by atoms with Crippen LogP contribution in [-0.4, -0.2) is 42.9 Å². The van der Waals surface area contributed by atoms with E-state index in [1.165, 1.54) is 0 Å². The van der Waals surface area contributed by atoms with Crippen LogP contribution >= 0.6 is 0 Å². The third kappa shape index (κ3) is 4.72. The number of aliphatic hydroxyl groups is 1. The zero-order valence-electron chi connectivity index (χ0n) is 12.5. The molecule has 1 saturated heterocycles. The van der Waals surface area contributed by atoms with E-state index in [4.69, 9.17) is 9.84 Å². The Morgan fingerprint density at radius 2 is 2.14 bits per heavy atom. The highest BCUT2D eigenvalue weighted by atomic mass is 16.5. The molecule has 3 N–H and O–H groups in total. The molecule has 1 aliphatic rings. The zero-order chi connectivity index (χ0) is 15.1. The Labute approximate surface area is 125 Å². The summed E-state index contributed by atoms with van der Waals surface area (Å²) < 4.78 is 5.67. The van der Waals surface area contributed by atoms with Gasteiger partial charge in [-0.05, 0) is 43.5 Å². The fourth-order valence-corrected chi connectivity index (χ4v) is 2.52. The number of aliphatic hydroxyl groups excluding tert-OH is 1. The first-order valence-electron chi connectivity index (χ1n) is 7.60. The number of anilines is 1. The van der Waals surface area contributed by atoms with Gasteiger partial charge in [0.2, 0.25) is 0 Å². The van der Waals surface area contributed by atoms with E-state index in [-0.39, 0.29) is 19.1 Å². The van der Waals surface area contributed by atoms with E-state index in [2.05, 4.69) is 17.6 Å². The molecule has 5 nitrogen and oxygen atoms in total. The average Bonchev–Trinajstić information content (AvgIpc) is 2.53. The first-order valence-corrected chi connectivity index (χ1v) is 7.60. The van der Waals surface area contributed by atoms with Crippen molar-refractivity contribution in [2.75, 3.05) is 25.1 Å². The predicted octanol–water partition coefficient (Wildman–Crippen LogP) is 1.78. The van der Waals surface area contributed by atoms with Gasteiger partial charge in [0.1, 0.15) is 0 Å². The van der Waals surface area contributed by atoms with Crippen LogP contribution in [0, 0.1) is 0 Å². The minimum absolute atomic E-state index is 0.0479. The third-order valence-electron chi connectivity index (χ3n) is 3.74. The molecule has 0 aromatic heterocycles. The number of rotatable bonds is 6. The van der Waals surface area contributed by atoms with Crippen LogP contribution in [0.2, 0.25) is 0 Å². The van der Waals surface area contributed by atoms with E-state index >= 15 is 0 Å². The summed E-state index contributed by atoms with van der Waals surface area (Å²) in [6.45, 7) is 3.18. The molecule has 0 aliphatic carbocycles. The molecule has 2 atom stereocenters. The van der Waals surface area contributed by atoms with Gasteiger partial charge < -0.3 is 20.5 Å². The Morgan fingerprint density at radius 3 is 2.81 bits per heavy atom. The molecule has 2 unspecified atom stereocenters. The molecule has 1 aromatic rings. The molecule has 0 radical (unpaired) electrons. The maximum Gasteiger partial charge on any atom is 0.251 e. The second-order valence-electron chi connectivity index (χ2n) is 5.32. The van der Waals surface area contributed by atoms with Crippen LogP contribution in [0.3, 0.4) is 0 Å².